The lowest BCUT2D eigenvalue weighted by molar-refractivity contribution is 0.0948. The fourth-order valence-corrected chi connectivity index (χ4v) is 2.21. The van der Waals surface area contributed by atoms with Crippen molar-refractivity contribution < 1.29 is 4.79 Å². The number of carbonyl (C=O) groups is 1. The number of aromatic nitrogens is 2. The zero-order valence-electron chi connectivity index (χ0n) is 11.2. The Balaban J connectivity index is 2.35. The highest BCUT2D eigenvalue weighted by Crippen LogP contribution is 2.14. The van der Waals surface area contributed by atoms with Crippen molar-refractivity contribution in [2.45, 2.75) is 20.8 Å². The molecule has 1 amide bonds. The van der Waals surface area contributed by atoms with Gasteiger partial charge in [0.05, 0.1) is 0 Å². The predicted molar refractivity (Wildman–Crippen MR) is 74.2 cm³/mol. The molecular formula is C11H21N5OS. The summed E-state index contributed by atoms with van der Waals surface area (Å²) in [7, 11) is 0. The number of hydrogen-bond donors (Lipinski definition) is 2. The van der Waals surface area contributed by atoms with E-state index in [0.717, 1.165) is 26.2 Å². The molecule has 0 aliphatic heterocycles. The molecule has 0 radical (unpaired) electrons. The Kier molecular flexibility index (Phi) is 6.59. The highest BCUT2D eigenvalue weighted by Gasteiger charge is 2.12. The lowest BCUT2D eigenvalue weighted by Crippen LogP contribution is -2.34. The van der Waals surface area contributed by atoms with Crippen LogP contribution in [-0.4, -0.2) is 53.7 Å². The van der Waals surface area contributed by atoms with Gasteiger partial charge in [0.2, 0.25) is 10.1 Å². The van der Waals surface area contributed by atoms with Crippen molar-refractivity contribution in [3.05, 3.63) is 5.01 Å². The van der Waals surface area contributed by atoms with Crippen molar-refractivity contribution in [3.63, 3.8) is 0 Å². The molecule has 0 saturated heterocycles. The molecule has 102 valence electrons. The normalized spacial score (nSPS) is 10.7. The summed E-state index contributed by atoms with van der Waals surface area (Å²) in [4.78, 5) is 14.0. The SMILES string of the molecule is CCNc1nnc(C(=O)NCCN(CC)CC)s1. The number of amides is 1. The highest BCUT2D eigenvalue weighted by molar-refractivity contribution is 7.17. The highest BCUT2D eigenvalue weighted by atomic mass is 32.1. The quantitative estimate of drug-likeness (QED) is 0.739. The Bertz CT molecular complexity index is 364. The first-order chi connectivity index (χ1) is 8.71. The van der Waals surface area contributed by atoms with Crippen molar-refractivity contribution in [1.29, 1.82) is 0 Å². The van der Waals surface area contributed by atoms with Crippen LogP contribution in [0.3, 0.4) is 0 Å². The third-order valence-electron chi connectivity index (χ3n) is 2.56. The molecule has 0 aromatic carbocycles. The van der Waals surface area contributed by atoms with Crippen LogP contribution in [0.1, 0.15) is 30.6 Å². The van der Waals surface area contributed by atoms with E-state index in [0.29, 0.717) is 16.7 Å². The minimum atomic E-state index is -0.149. The van der Waals surface area contributed by atoms with Gasteiger partial charge in [-0.3, -0.25) is 4.79 Å². The van der Waals surface area contributed by atoms with Crippen LogP contribution in [-0.2, 0) is 0 Å². The average molecular weight is 271 g/mol. The topological polar surface area (TPSA) is 70.1 Å². The second-order valence-electron chi connectivity index (χ2n) is 3.73. The van der Waals surface area contributed by atoms with Gasteiger partial charge in [0, 0.05) is 19.6 Å². The van der Waals surface area contributed by atoms with E-state index >= 15 is 0 Å². The molecule has 0 fully saturated rings. The standard InChI is InChI=1S/C11H21N5OS/c1-4-12-11-15-14-10(18-11)9(17)13-7-8-16(5-2)6-3/h4-8H2,1-3H3,(H,12,15)(H,13,17). The van der Waals surface area contributed by atoms with Gasteiger partial charge in [0.15, 0.2) is 0 Å². The first-order valence-electron chi connectivity index (χ1n) is 6.29. The van der Waals surface area contributed by atoms with Gasteiger partial charge in [-0.15, -0.1) is 10.2 Å². The van der Waals surface area contributed by atoms with Gasteiger partial charge in [-0.05, 0) is 20.0 Å². The summed E-state index contributed by atoms with van der Waals surface area (Å²) in [5.74, 6) is -0.149. The van der Waals surface area contributed by atoms with E-state index in [-0.39, 0.29) is 5.91 Å². The molecule has 1 heterocycles. The number of carbonyl (C=O) groups excluding carboxylic acids is 1. The maximum absolute atomic E-state index is 11.8. The molecule has 1 aromatic rings. The van der Waals surface area contributed by atoms with Crippen molar-refractivity contribution in [2.24, 2.45) is 0 Å². The lowest BCUT2D eigenvalue weighted by atomic mass is 10.4. The predicted octanol–water partition coefficient (Wildman–Crippen LogP) is 1.04. The third-order valence-corrected chi connectivity index (χ3v) is 3.43. The Morgan fingerprint density at radius 1 is 1.28 bits per heavy atom. The Morgan fingerprint density at radius 2 is 2.00 bits per heavy atom. The summed E-state index contributed by atoms with van der Waals surface area (Å²) in [5, 5.41) is 14.7. The van der Waals surface area contributed by atoms with Gasteiger partial charge in [-0.2, -0.15) is 0 Å². The van der Waals surface area contributed by atoms with Gasteiger partial charge in [-0.25, -0.2) is 0 Å². The number of hydrogen-bond acceptors (Lipinski definition) is 6. The molecule has 0 aliphatic carbocycles. The number of anilines is 1. The third kappa shape index (κ3) is 4.58. The fraction of sp³-hybridized carbons (Fsp3) is 0.727. The maximum atomic E-state index is 11.8. The monoisotopic (exact) mass is 271 g/mol. The molecule has 6 nitrogen and oxygen atoms in total. The zero-order chi connectivity index (χ0) is 13.4. The second-order valence-corrected chi connectivity index (χ2v) is 4.70. The molecule has 18 heavy (non-hydrogen) atoms. The van der Waals surface area contributed by atoms with Crippen LogP contribution in [0.15, 0.2) is 0 Å². The summed E-state index contributed by atoms with van der Waals surface area (Å²) in [5.41, 5.74) is 0. The lowest BCUT2D eigenvalue weighted by Gasteiger charge is -2.17. The fourth-order valence-electron chi connectivity index (χ4n) is 1.48. The van der Waals surface area contributed by atoms with E-state index in [1.165, 1.54) is 11.3 Å². The smallest absolute Gasteiger partial charge is 0.282 e. The summed E-state index contributed by atoms with van der Waals surface area (Å²) >= 11 is 1.28. The molecule has 0 aliphatic rings. The summed E-state index contributed by atoms with van der Waals surface area (Å²) in [6.45, 7) is 10.5. The first kappa shape index (κ1) is 14.8. The first-order valence-corrected chi connectivity index (χ1v) is 7.10. The number of rotatable bonds is 8. The minimum absolute atomic E-state index is 0.149. The zero-order valence-corrected chi connectivity index (χ0v) is 12.0. The molecule has 0 unspecified atom stereocenters. The maximum Gasteiger partial charge on any atom is 0.282 e. The summed E-state index contributed by atoms with van der Waals surface area (Å²) < 4.78 is 0. The van der Waals surface area contributed by atoms with Crippen LogP contribution in [0.5, 0.6) is 0 Å². The van der Waals surface area contributed by atoms with Crippen LogP contribution in [0, 0.1) is 0 Å². The van der Waals surface area contributed by atoms with Crippen molar-refractivity contribution in [3.8, 4) is 0 Å². The molecule has 0 spiro atoms. The van der Waals surface area contributed by atoms with Crippen LogP contribution in [0.2, 0.25) is 0 Å². The summed E-state index contributed by atoms with van der Waals surface area (Å²) in [6.07, 6.45) is 0. The molecular weight excluding hydrogens is 250 g/mol. The minimum Gasteiger partial charge on any atom is -0.360 e. The number of nitrogens with zero attached hydrogens (tertiary/aromatic N) is 3. The Labute approximate surface area is 112 Å². The van der Waals surface area contributed by atoms with Gasteiger partial charge in [0.1, 0.15) is 0 Å². The summed E-state index contributed by atoms with van der Waals surface area (Å²) in [6, 6.07) is 0. The average Bonchev–Trinajstić information content (AvgIpc) is 2.83. The van der Waals surface area contributed by atoms with E-state index < -0.39 is 0 Å². The molecule has 0 atom stereocenters. The molecule has 0 bridgehead atoms. The van der Waals surface area contributed by atoms with E-state index in [2.05, 4.69) is 39.6 Å². The van der Waals surface area contributed by atoms with E-state index in [1.807, 2.05) is 6.92 Å². The molecule has 1 aromatic heterocycles. The number of likely N-dealkylation sites (N-methyl/N-ethyl adjacent to an activating group) is 1. The van der Waals surface area contributed by atoms with Crippen LogP contribution >= 0.6 is 11.3 Å². The molecule has 7 heteroatoms. The van der Waals surface area contributed by atoms with Gasteiger partial charge >= 0.3 is 0 Å². The van der Waals surface area contributed by atoms with E-state index in [9.17, 15) is 4.79 Å². The van der Waals surface area contributed by atoms with Crippen LogP contribution in [0.4, 0.5) is 5.13 Å². The van der Waals surface area contributed by atoms with Gasteiger partial charge < -0.3 is 15.5 Å². The van der Waals surface area contributed by atoms with Crippen molar-refractivity contribution >= 4 is 22.4 Å². The van der Waals surface area contributed by atoms with Gasteiger partial charge in [0.25, 0.3) is 5.91 Å². The number of nitrogens with one attached hydrogen (secondary N) is 2. The van der Waals surface area contributed by atoms with Gasteiger partial charge in [-0.1, -0.05) is 25.2 Å². The van der Waals surface area contributed by atoms with E-state index in [1.54, 1.807) is 0 Å². The van der Waals surface area contributed by atoms with Crippen molar-refractivity contribution in [1.82, 2.24) is 20.4 Å². The Morgan fingerprint density at radius 3 is 2.61 bits per heavy atom. The molecule has 0 saturated carbocycles. The van der Waals surface area contributed by atoms with E-state index in [4.69, 9.17) is 0 Å². The van der Waals surface area contributed by atoms with Crippen LogP contribution in [0.25, 0.3) is 0 Å². The molecule has 2 N–H and O–H groups in total. The van der Waals surface area contributed by atoms with Crippen molar-refractivity contribution in [2.75, 3.05) is 38.0 Å². The van der Waals surface area contributed by atoms with Crippen LogP contribution < -0.4 is 10.6 Å². The Hall–Kier alpha value is -1.21. The largest absolute Gasteiger partial charge is 0.360 e. The molecule has 1 rings (SSSR count). The second kappa shape index (κ2) is 7.99.